The zero-order valence-corrected chi connectivity index (χ0v) is 14.5. The Morgan fingerprint density at radius 3 is 2.71 bits per heavy atom. The number of hydrogen-bond donors (Lipinski definition) is 1. The van der Waals surface area contributed by atoms with Crippen molar-refractivity contribution in [1.29, 1.82) is 0 Å². The first-order chi connectivity index (χ1) is 11.7. The summed E-state index contributed by atoms with van der Waals surface area (Å²) in [6, 6.07) is 10.2. The van der Waals surface area contributed by atoms with Gasteiger partial charge in [0.15, 0.2) is 11.7 Å². The van der Waals surface area contributed by atoms with Crippen LogP contribution in [0.15, 0.2) is 35.3 Å². The van der Waals surface area contributed by atoms with Crippen LogP contribution in [0.5, 0.6) is 0 Å². The minimum atomic E-state index is -0.427. The van der Waals surface area contributed by atoms with E-state index in [0.717, 1.165) is 18.8 Å². The lowest BCUT2D eigenvalue weighted by Gasteiger charge is -2.31. The third-order valence-corrected chi connectivity index (χ3v) is 4.33. The Bertz CT molecular complexity index is 542. The highest BCUT2D eigenvalue weighted by Gasteiger charge is 2.42. The normalized spacial score (nSPS) is 23.4. The first-order valence-electron chi connectivity index (χ1n) is 8.56. The second-order valence-corrected chi connectivity index (χ2v) is 6.47. The van der Waals surface area contributed by atoms with Crippen molar-refractivity contribution >= 4 is 5.96 Å². The molecule has 1 aromatic carbocycles. The lowest BCUT2D eigenvalue weighted by Crippen LogP contribution is -2.42. The Labute approximate surface area is 143 Å². The van der Waals surface area contributed by atoms with Crippen molar-refractivity contribution in [3.63, 3.8) is 0 Å². The van der Waals surface area contributed by atoms with Gasteiger partial charge in [-0.25, -0.2) is 4.99 Å². The molecule has 3 rings (SSSR count). The standard InChI is InChI=1S/C18H27N3O3/c1-21(2)17(19-12-15-6-4-3-5-7-15)20-13-16-14-23-18(24-16)8-10-22-11-9-18/h3-7,16H,8-14H2,1-2H3,(H,19,20). The largest absolute Gasteiger partial charge is 0.381 e. The molecule has 2 fully saturated rings. The topological polar surface area (TPSA) is 55.3 Å². The van der Waals surface area contributed by atoms with Crippen LogP contribution in [-0.4, -0.2) is 63.2 Å². The fourth-order valence-corrected chi connectivity index (χ4v) is 2.97. The minimum Gasteiger partial charge on any atom is -0.381 e. The van der Waals surface area contributed by atoms with Crippen LogP contribution in [0.2, 0.25) is 0 Å². The van der Waals surface area contributed by atoms with E-state index in [-0.39, 0.29) is 6.10 Å². The third-order valence-electron chi connectivity index (χ3n) is 4.33. The van der Waals surface area contributed by atoms with Crippen molar-refractivity contribution < 1.29 is 14.2 Å². The number of aliphatic imine (C=N–C) groups is 1. The van der Waals surface area contributed by atoms with Gasteiger partial charge < -0.3 is 24.4 Å². The number of benzene rings is 1. The van der Waals surface area contributed by atoms with Crippen LogP contribution in [0.4, 0.5) is 0 Å². The summed E-state index contributed by atoms with van der Waals surface area (Å²) in [5, 5.41) is 3.39. The summed E-state index contributed by atoms with van der Waals surface area (Å²) >= 11 is 0. The average molecular weight is 333 g/mol. The van der Waals surface area contributed by atoms with Crippen LogP contribution in [0, 0.1) is 0 Å². The number of guanidine groups is 1. The van der Waals surface area contributed by atoms with Gasteiger partial charge in [-0.2, -0.15) is 0 Å². The van der Waals surface area contributed by atoms with Gasteiger partial charge in [0.25, 0.3) is 0 Å². The molecule has 1 atom stereocenters. The molecule has 1 spiro atoms. The summed E-state index contributed by atoms with van der Waals surface area (Å²) in [6.45, 7) is 3.38. The molecule has 1 N–H and O–H groups in total. The van der Waals surface area contributed by atoms with Crippen molar-refractivity contribution in [2.75, 3.05) is 40.5 Å². The number of hydrogen-bond acceptors (Lipinski definition) is 4. The lowest BCUT2D eigenvalue weighted by atomic mass is 10.1. The first kappa shape index (κ1) is 17.2. The van der Waals surface area contributed by atoms with Gasteiger partial charge in [0.1, 0.15) is 6.10 Å². The van der Waals surface area contributed by atoms with Gasteiger partial charge in [-0.1, -0.05) is 30.3 Å². The zero-order valence-electron chi connectivity index (χ0n) is 14.5. The maximum absolute atomic E-state index is 6.14. The van der Waals surface area contributed by atoms with Gasteiger partial charge in [0, 0.05) is 33.5 Å². The van der Waals surface area contributed by atoms with Crippen molar-refractivity contribution in [2.45, 2.75) is 31.3 Å². The van der Waals surface area contributed by atoms with Crippen LogP contribution in [0.3, 0.4) is 0 Å². The summed E-state index contributed by atoms with van der Waals surface area (Å²) in [6.07, 6.45) is 1.67. The van der Waals surface area contributed by atoms with E-state index in [9.17, 15) is 0 Å². The molecule has 0 aromatic heterocycles. The number of ether oxygens (including phenoxy) is 3. The fourth-order valence-electron chi connectivity index (χ4n) is 2.97. The van der Waals surface area contributed by atoms with Gasteiger partial charge >= 0.3 is 0 Å². The van der Waals surface area contributed by atoms with Gasteiger partial charge in [-0.3, -0.25) is 0 Å². The molecule has 24 heavy (non-hydrogen) atoms. The van der Waals surface area contributed by atoms with E-state index in [0.29, 0.717) is 32.9 Å². The van der Waals surface area contributed by atoms with Crippen molar-refractivity contribution in [3.05, 3.63) is 35.9 Å². The molecule has 0 saturated carbocycles. The van der Waals surface area contributed by atoms with E-state index in [1.54, 1.807) is 0 Å². The summed E-state index contributed by atoms with van der Waals surface area (Å²) in [7, 11) is 3.98. The van der Waals surface area contributed by atoms with Gasteiger partial charge in [0.05, 0.1) is 26.4 Å². The zero-order chi connectivity index (χ0) is 16.8. The molecule has 1 unspecified atom stereocenters. The van der Waals surface area contributed by atoms with E-state index in [1.807, 2.05) is 37.2 Å². The maximum atomic E-state index is 6.14. The average Bonchev–Trinajstić information content (AvgIpc) is 2.98. The Morgan fingerprint density at radius 2 is 2.00 bits per heavy atom. The molecule has 0 amide bonds. The van der Waals surface area contributed by atoms with Crippen molar-refractivity contribution in [1.82, 2.24) is 10.2 Å². The molecule has 6 nitrogen and oxygen atoms in total. The molecule has 0 radical (unpaired) electrons. The fraction of sp³-hybridized carbons (Fsp3) is 0.611. The summed E-state index contributed by atoms with van der Waals surface area (Å²) < 4.78 is 17.5. The molecule has 2 aliphatic heterocycles. The van der Waals surface area contributed by atoms with Crippen LogP contribution in [0.25, 0.3) is 0 Å². The van der Waals surface area contributed by atoms with E-state index in [2.05, 4.69) is 22.4 Å². The highest BCUT2D eigenvalue weighted by Crippen LogP contribution is 2.32. The van der Waals surface area contributed by atoms with Crippen molar-refractivity contribution in [3.8, 4) is 0 Å². The molecule has 0 aliphatic carbocycles. The molecular weight excluding hydrogens is 306 g/mol. The highest BCUT2D eigenvalue weighted by molar-refractivity contribution is 5.79. The molecular formula is C18H27N3O3. The Balaban J connectivity index is 1.51. The molecule has 2 heterocycles. The maximum Gasteiger partial charge on any atom is 0.193 e. The number of nitrogens with one attached hydrogen (secondary N) is 1. The second kappa shape index (κ2) is 7.96. The predicted octanol–water partition coefficient (Wildman–Crippen LogP) is 1.62. The molecule has 132 valence electrons. The van der Waals surface area contributed by atoms with Crippen LogP contribution in [0.1, 0.15) is 18.4 Å². The Kier molecular flexibility index (Phi) is 5.71. The summed E-state index contributed by atoms with van der Waals surface area (Å²) in [5.74, 6) is 0.430. The lowest BCUT2D eigenvalue weighted by molar-refractivity contribution is -0.210. The van der Waals surface area contributed by atoms with E-state index >= 15 is 0 Å². The third kappa shape index (κ3) is 4.47. The first-order valence-corrected chi connectivity index (χ1v) is 8.56. The van der Waals surface area contributed by atoms with Crippen LogP contribution in [-0.2, 0) is 20.8 Å². The minimum absolute atomic E-state index is 0.0463. The summed E-state index contributed by atoms with van der Waals surface area (Å²) in [5.41, 5.74) is 1.19. The van der Waals surface area contributed by atoms with E-state index in [4.69, 9.17) is 14.2 Å². The van der Waals surface area contributed by atoms with Gasteiger partial charge in [-0.05, 0) is 5.56 Å². The molecule has 1 aromatic rings. The monoisotopic (exact) mass is 333 g/mol. The highest BCUT2D eigenvalue weighted by atomic mass is 16.7. The smallest absolute Gasteiger partial charge is 0.193 e. The number of rotatable bonds is 4. The molecule has 2 saturated heterocycles. The van der Waals surface area contributed by atoms with Crippen molar-refractivity contribution in [2.24, 2.45) is 4.99 Å². The van der Waals surface area contributed by atoms with Gasteiger partial charge in [-0.15, -0.1) is 0 Å². The Morgan fingerprint density at radius 1 is 1.25 bits per heavy atom. The summed E-state index contributed by atoms with van der Waals surface area (Å²) in [4.78, 5) is 6.66. The second-order valence-electron chi connectivity index (χ2n) is 6.47. The van der Waals surface area contributed by atoms with E-state index < -0.39 is 5.79 Å². The van der Waals surface area contributed by atoms with Crippen LogP contribution < -0.4 is 5.32 Å². The quantitative estimate of drug-likeness (QED) is 0.670. The Hall–Kier alpha value is -1.63. The number of nitrogens with zero attached hydrogens (tertiary/aromatic N) is 2. The predicted molar refractivity (Wildman–Crippen MR) is 92.9 cm³/mol. The van der Waals surface area contributed by atoms with Crippen LogP contribution >= 0.6 is 0 Å². The van der Waals surface area contributed by atoms with Gasteiger partial charge in [0.2, 0.25) is 0 Å². The SMILES string of the molecule is CN(C)C(=NCc1ccccc1)NCC1COC2(CCOCC2)O1. The molecule has 0 bridgehead atoms. The molecule has 2 aliphatic rings. The molecule has 6 heteroatoms. The van der Waals surface area contributed by atoms with E-state index in [1.165, 1.54) is 5.56 Å².